The Labute approximate surface area is 167 Å². The lowest BCUT2D eigenvalue weighted by Crippen LogP contribution is -2.46. The monoisotopic (exact) mass is 382 g/mol. The van der Waals surface area contributed by atoms with Crippen LogP contribution in [0.3, 0.4) is 0 Å². The van der Waals surface area contributed by atoms with Gasteiger partial charge in [0.2, 0.25) is 0 Å². The van der Waals surface area contributed by atoms with Crippen LogP contribution >= 0.6 is 0 Å². The number of aryl methyl sites for hydroxylation is 2. The van der Waals surface area contributed by atoms with Gasteiger partial charge in [-0.05, 0) is 49.9 Å². The van der Waals surface area contributed by atoms with Crippen molar-refractivity contribution in [3.8, 4) is 0 Å². The van der Waals surface area contributed by atoms with E-state index in [0.717, 1.165) is 50.4 Å². The van der Waals surface area contributed by atoms with Crippen LogP contribution in [0.4, 0.5) is 0 Å². The van der Waals surface area contributed by atoms with E-state index in [4.69, 9.17) is 4.74 Å². The molecule has 0 bridgehead atoms. The molecule has 0 radical (unpaired) electrons. The zero-order valence-corrected chi connectivity index (χ0v) is 17.1. The van der Waals surface area contributed by atoms with Crippen molar-refractivity contribution in [2.24, 2.45) is 0 Å². The van der Waals surface area contributed by atoms with Crippen LogP contribution in [0.5, 0.6) is 0 Å². The van der Waals surface area contributed by atoms with Crippen molar-refractivity contribution in [2.75, 3.05) is 26.7 Å². The number of rotatable bonds is 7. The van der Waals surface area contributed by atoms with Crippen molar-refractivity contribution in [3.05, 3.63) is 59.2 Å². The van der Waals surface area contributed by atoms with Crippen molar-refractivity contribution in [1.29, 1.82) is 0 Å². The molecule has 0 saturated carbocycles. The molecule has 2 aromatic heterocycles. The number of carbonyl (C=O) groups excluding carboxylic acids is 1. The van der Waals surface area contributed by atoms with Gasteiger partial charge in [0.25, 0.3) is 0 Å². The summed E-state index contributed by atoms with van der Waals surface area (Å²) in [6, 6.07) is 8.64. The molecule has 0 aliphatic carbocycles. The van der Waals surface area contributed by atoms with Crippen molar-refractivity contribution in [3.63, 3.8) is 0 Å². The van der Waals surface area contributed by atoms with Crippen LogP contribution in [0.15, 0.2) is 36.7 Å². The largest absolute Gasteiger partial charge is 0.468 e. The Morgan fingerprint density at radius 2 is 1.61 bits per heavy atom. The molecule has 1 saturated heterocycles. The van der Waals surface area contributed by atoms with Crippen LogP contribution in [-0.2, 0) is 22.6 Å². The average Bonchev–Trinajstić information content (AvgIpc) is 2.71. The molecule has 0 unspecified atom stereocenters. The quantitative estimate of drug-likeness (QED) is 0.687. The summed E-state index contributed by atoms with van der Waals surface area (Å²) in [6.07, 6.45) is 5.78. The fraction of sp³-hybridized carbons (Fsp3) is 0.500. The van der Waals surface area contributed by atoms with Crippen molar-refractivity contribution >= 4 is 5.97 Å². The zero-order chi connectivity index (χ0) is 19.9. The maximum atomic E-state index is 11.6. The molecule has 0 amide bonds. The van der Waals surface area contributed by atoms with Gasteiger partial charge in [0.15, 0.2) is 0 Å². The van der Waals surface area contributed by atoms with Gasteiger partial charge in [-0.1, -0.05) is 12.1 Å². The second-order valence-corrected chi connectivity index (χ2v) is 7.52. The van der Waals surface area contributed by atoms with E-state index < -0.39 is 0 Å². The first kappa shape index (κ1) is 20.4. The van der Waals surface area contributed by atoms with Gasteiger partial charge in [-0.2, -0.15) is 0 Å². The van der Waals surface area contributed by atoms with Gasteiger partial charge in [0.05, 0.1) is 25.0 Å². The summed E-state index contributed by atoms with van der Waals surface area (Å²) in [6.45, 7) is 8.03. The van der Waals surface area contributed by atoms with Gasteiger partial charge in [0.1, 0.15) is 0 Å². The fourth-order valence-electron chi connectivity index (χ4n) is 3.76. The Hall–Kier alpha value is -2.31. The second kappa shape index (κ2) is 9.75. The maximum absolute atomic E-state index is 11.6. The molecule has 6 nitrogen and oxygen atoms in total. The summed E-state index contributed by atoms with van der Waals surface area (Å²) in [4.78, 5) is 25.5. The number of piperidine rings is 1. The van der Waals surface area contributed by atoms with E-state index in [1.54, 1.807) is 0 Å². The smallest absolute Gasteiger partial charge is 0.319 e. The Kier molecular flexibility index (Phi) is 7.12. The highest BCUT2D eigenvalue weighted by molar-refractivity contribution is 5.71. The number of ether oxygens (including phenoxy) is 1. The number of hydrogen-bond acceptors (Lipinski definition) is 6. The summed E-state index contributed by atoms with van der Waals surface area (Å²) < 4.78 is 4.80. The molecule has 0 aromatic carbocycles. The maximum Gasteiger partial charge on any atom is 0.319 e. The lowest BCUT2D eigenvalue weighted by atomic mass is 10.0. The average molecular weight is 383 g/mol. The molecule has 1 aliphatic rings. The van der Waals surface area contributed by atoms with Gasteiger partial charge >= 0.3 is 5.97 Å². The summed E-state index contributed by atoms with van der Waals surface area (Å²) in [5, 5.41) is 0. The molecule has 1 aliphatic heterocycles. The summed E-state index contributed by atoms with van der Waals surface area (Å²) in [5.74, 6) is -0.163. The number of aromatic nitrogens is 2. The Morgan fingerprint density at radius 3 is 2.07 bits per heavy atom. The van der Waals surface area contributed by atoms with Crippen LogP contribution in [0.25, 0.3) is 0 Å². The third-order valence-corrected chi connectivity index (χ3v) is 5.60. The lowest BCUT2D eigenvalue weighted by molar-refractivity contribution is -0.142. The standard InChI is InChI=1S/C22H30N4O2/c1-17-6-4-10-23-20(17)14-26(15-21-18(2)7-5-11-24-21)19-8-12-25(13-9-19)16-22(27)28-3/h4-7,10-11,19H,8-9,12-16H2,1-3H3. The van der Waals surface area contributed by atoms with Gasteiger partial charge in [-0.25, -0.2) is 0 Å². The minimum atomic E-state index is -0.163. The molecule has 6 heteroatoms. The Balaban J connectivity index is 1.72. The molecule has 28 heavy (non-hydrogen) atoms. The number of methoxy groups -OCH3 is 1. The van der Waals surface area contributed by atoms with Crippen molar-refractivity contribution < 1.29 is 9.53 Å². The highest BCUT2D eigenvalue weighted by atomic mass is 16.5. The van der Waals surface area contributed by atoms with E-state index in [1.165, 1.54) is 18.2 Å². The highest BCUT2D eigenvalue weighted by Gasteiger charge is 2.27. The van der Waals surface area contributed by atoms with Crippen LogP contribution in [0, 0.1) is 13.8 Å². The van der Waals surface area contributed by atoms with Crippen molar-refractivity contribution in [2.45, 2.75) is 45.8 Å². The first-order chi connectivity index (χ1) is 13.6. The third-order valence-electron chi connectivity index (χ3n) is 5.60. The number of esters is 1. The molecule has 150 valence electrons. The van der Waals surface area contributed by atoms with Gasteiger partial charge < -0.3 is 4.74 Å². The molecular formula is C22H30N4O2. The number of hydrogen-bond donors (Lipinski definition) is 0. The summed E-state index contributed by atoms with van der Waals surface area (Å²) in [5.41, 5.74) is 4.67. The van der Waals surface area contributed by atoms with E-state index in [9.17, 15) is 4.79 Å². The second-order valence-electron chi connectivity index (χ2n) is 7.52. The number of carbonyl (C=O) groups is 1. The first-order valence-corrected chi connectivity index (χ1v) is 9.91. The van der Waals surface area contributed by atoms with Gasteiger partial charge in [-0.3, -0.25) is 24.6 Å². The Morgan fingerprint density at radius 1 is 1.07 bits per heavy atom. The van der Waals surface area contributed by atoms with E-state index in [1.807, 2.05) is 24.5 Å². The topological polar surface area (TPSA) is 58.6 Å². The van der Waals surface area contributed by atoms with Gasteiger partial charge in [0, 0.05) is 44.6 Å². The predicted molar refractivity (Wildman–Crippen MR) is 109 cm³/mol. The van der Waals surface area contributed by atoms with Crippen LogP contribution in [0.1, 0.15) is 35.4 Å². The number of pyridine rings is 2. The minimum Gasteiger partial charge on any atom is -0.468 e. The SMILES string of the molecule is COC(=O)CN1CCC(N(Cc2ncccc2C)Cc2ncccc2C)CC1. The summed E-state index contributed by atoms with van der Waals surface area (Å²) in [7, 11) is 1.45. The van der Waals surface area contributed by atoms with E-state index in [0.29, 0.717) is 12.6 Å². The molecule has 1 fully saturated rings. The number of likely N-dealkylation sites (tertiary alicyclic amines) is 1. The zero-order valence-electron chi connectivity index (χ0n) is 17.1. The molecule has 3 rings (SSSR count). The van der Waals surface area contributed by atoms with E-state index >= 15 is 0 Å². The lowest BCUT2D eigenvalue weighted by Gasteiger charge is -2.38. The van der Waals surface area contributed by atoms with E-state index in [-0.39, 0.29) is 5.97 Å². The Bertz CT molecular complexity index is 740. The van der Waals surface area contributed by atoms with Gasteiger partial charge in [-0.15, -0.1) is 0 Å². The van der Waals surface area contributed by atoms with Crippen LogP contribution in [0.2, 0.25) is 0 Å². The van der Waals surface area contributed by atoms with Crippen LogP contribution in [-0.4, -0.2) is 58.5 Å². The predicted octanol–water partition coefficient (Wildman–Crippen LogP) is 2.73. The minimum absolute atomic E-state index is 0.163. The molecule has 0 atom stereocenters. The first-order valence-electron chi connectivity index (χ1n) is 9.91. The number of nitrogens with zero attached hydrogens (tertiary/aromatic N) is 4. The summed E-state index contributed by atoms with van der Waals surface area (Å²) >= 11 is 0. The molecule has 0 N–H and O–H groups in total. The molecule has 3 heterocycles. The third kappa shape index (κ3) is 5.36. The van der Waals surface area contributed by atoms with E-state index in [2.05, 4.69) is 45.7 Å². The normalized spacial score (nSPS) is 15.7. The van der Waals surface area contributed by atoms with Crippen LogP contribution < -0.4 is 0 Å². The fourth-order valence-corrected chi connectivity index (χ4v) is 3.76. The molecular weight excluding hydrogens is 352 g/mol. The highest BCUT2D eigenvalue weighted by Crippen LogP contribution is 2.22. The van der Waals surface area contributed by atoms with Crippen molar-refractivity contribution in [1.82, 2.24) is 19.8 Å². The molecule has 2 aromatic rings. The molecule has 0 spiro atoms.